The fourth-order valence-electron chi connectivity index (χ4n) is 9.78. The zero-order chi connectivity index (χ0) is 69.2. The Morgan fingerprint density at radius 3 is 1.23 bits per heavy atom. The van der Waals surface area contributed by atoms with E-state index in [2.05, 4.69) is 106 Å². The summed E-state index contributed by atoms with van der Waals surface area (Å²) in [6.45, 7) is 22.1. The van der Waals surface area contributed by atoms with Gasteiger partial charge in [-0.05, 0) is 129 Å². The van der Waals surface area contributed by atoms with Crippen molar-refractivity contribution in [1.29, 1.82) is 0 Å². The number of aliphatic hydroxyl groups is 1. The smallest absolute Gasteiger partial charge is 0.778 e. The average Bonchev–Trinajstić information content (AvgIpc) is 1.49. The molecule has 9 aromatic rings. The molecule has 0 radical (unpaired) electrons. The summed E-state index contributed by atoms with van der Waals surface area (Å²) in [5, 5.41) is 14.3. The average molecular weight is 1580 g/mol. The fraction of sp³-hybridized carbons (Fsp3) is 0.458. The minimum absolute atomic E-state index is 0. The molecule has 0 saturated carbocycles. The van der Waals surface area contributed by atoms with Crippen LogP contribution in [-0.2, 0) is 22.1 Å². The van der Waals surface area contributed by atoms with Gasteiger partial charge in [0.1, 0.15) is 61.8 Å². The van der Waals surface area contributed by atoms with Crippen molar-refractivity contribution in [3.05, 3.63) is 74.9 Å². The van der Waals surface area contributed by atoms with Crippen LogP contribution in [0.25, 0.3) is 33.1 Å². The van der Waals surface area contributed by atoms with Crippen molar-refractivity contribution in [2.24, 2.45) is 5.73 Å². The number of halogens is 4. The molecule has 2 amide bonds. The van der Waals surface area contributed by atoms with Gasteiger partial charge in [-0.2, -0.15) is 31.1 Å². The molecule has 3 aliphatic heterocycles. The molecule has 0 aliphatic carbocycles. The van der Waals surface area contributed by atoms with Crippen LogP contribution < -0.4 is 99.7 Å². The second-order valence-electron chi connectivity index (χ2n) is 24.9. The first-order chi connectivity index (χ1) is 44.9. The van der Waals surface area contributed by atoms with E-state index in [1.165, 1.54) is 53.2 Å². The number of carbonyl (C=O) groups is 2. The number of nitrogen functional groups attached to an aromatic ring is 3. The third kappa shape index (κ3) is 21.1. The molecule has 96 heavy (non-hydrogen) atoms. The van der Waals surface area contributed by atoms with Gasteiger partial charge in [0.2, 0.25) is 0 Å². The van der Waals surface area contributed by atoms with Gasteiger partial charge < -0.3 is 75.5 Å². The molecule has 0 bridgehead atoms. The summed E-state index contributed by atoms with van der Waals surface area (Å²) in [6, 6.07) is 5.27. The summed E-state index contributed by atoms with van der Waals surface area (Å²) >= 11 is 32.9. The maximum atomic E-state index is 12.3. The number of carbonyl (C=O) groups excluding carboxylic acids is 2. The van der Waals surface area contributed by atoms with E-state index < -0.39 is 11.2 Å². The number of ether oxygens (including phenoxy) is 2. The second kappa shape index (κ2) is 34.3. The number of hydrogen-bond acceptors (Lipinski definition) is 30. The summed E-state index contributed by atoms with van der Waals surface area (Å²) in [4.78, 5) is 60.5. The molecule has 12 rings (SSSR count). The number of alkyl carbamates (subject to hydrolysis) is 2. The number of aliphatic hydroxyl groups excluding tert-OH is 1. The third-order valence-corrected chi connectivity index (χ3v) is 21.1. The molecule has 9 aromatic heterocycles. The van der Waals surface area contributed by atoms with E-state index in [1.807, 2.05) is 66.8 Å². The number of aromatic nitrogens is 12. The number of hydrogen-bond donors (Lipinski definition) is 7. The molecule has 3 saturated heterocycles. The van der Waals surface area contributed by atoms with Crippen LogP contribution in [0.5, 0.6) is 0 Å². The van der Waals surface area contributed by atoms with Crippen LogP contribution in [0.2, 0.25) is 15.1 Å². The summed E-state index contributed by atoms with van der Waals surface area (Å²) in [6.07, 6.45) is 14.4. The maximum absolute atomic E-state index is 12.3. The van der Waals surface area contributed by atoms with E-state index in [-0.39, 0.29) is 86.0 Å². The van der Waals surface area contributed by atoms with Crippen molar-refractivity contribution in [1.82, 2.24) is 66.8 Å². The summed E-state index contributed by atoms with van der Waals surface area (Å²) in [7, 11) is 1.00. The van der Waals surface area contributed by atoms with Crippen molar-refractivity contribution >= 4 is 202 Å². The second-order valence-corrected chi connectivity index (χ2v) is 31.1. The molecular weight excluding hydrogens is 1500 g/mol. The number of fused-ring (bicyclic) bond motifs is 3. The van der Waals surface area contributed by atoms with Crippen molar-refractivity contribution in [3.8, 4) is 0 Å². The first-order valence-electron chi connectivity index (χ1n) is 29.6. The Morgan fingerprint density at radius 2 is 0.865 bits per heavy atom. The molecule has 12 heterocycles. The number of rotatable bonds is 9. The van der Waals surface area contributed by atoms with Crippen LogP contribution in [0.15, 0.2) is 84.3 Å². The van der Waals surface area contributed by atoms with E-state index in [0.717, 1.165) is 171 Å². The number of nitrogens with one attached hydrogen (secondary N) is 2. The summed E-state index contributed by atoms with van der Waals surface area (Å²) < 4.78 is 38.3. The normalized spacial score (nSPS) is 15.6. The Bertz CT molecular complexity index is 4110. The van der Waals surface area contributed by atoms with Crippen LogP contribution in [-0.4, -0.2) is 148 Å². The Morgan fingerprint density at radius 1 is 0.542 bits per heavy atom. The van der Waals surface area contributed by atoms with Crippen LogP contribution >= 0.6 is 109 Å². The number of piperidine rings is 3. The van der Waals surface area contributed by atoms with Gasteiger partial charge in [0.15, 0.2) is 17.5 Å². The monoisotopic (exact) mass is 1570 g/mol. The fourth-order valence-corrected chi connectivity index (χ4v) is 14.6. The van der Waals surface area contributed by atoms with Crippen molar-refractivity contribution in [3.63, 3.8) is 0 Å². The number of pyridine rings is 6. The third-order valence-electron chi connectivity index (χ3n) is 14.9. The number of amides is 2. The molecule has 0 atom stereocenters. The molecule has 0 spiro atoms. The van der Waals surface area contributed by atoms with E-state index in [4.69, 9.17) is 89.9 Å². The van der Waals surface area contributed by atoms with Crippen molar-refractivity contribution in [2.75, 3.05) is 78.3 Å². The van der Waals surface area contributed by atoms with Gasteiger partial charge in [-0.15, -0.1) is 0 Å². The van der Waals surface area contributed by atoms with Crippen LogP contribution in [0.4, 0.5) is 44.5 Å². The SMILES string of the molecule is CC1(N)CCN(c2ncc(Sc3ccnc(N)c3Cl)c3nsnc23)CC1.CC1(NC(=O)OC(C)(C)C)CCN(c2ncc(Br)c3nsnc23)CC1.CC1(NC(=O)OC(C)(C)C)CCN(c2ncc(Sc3ccnc(N)c3Cl)c3nsnc23)CC1.CO.Nc1nccc([S-])c1Cl.[K+]. The molecule has 3 aliphatic rings. The van der Waals surface area contributed by atoms with Crippen LogP contribution in [0.3, 0.4) is 0 Å². The van der Waals surface area contributed by atoms with Crippen LogP contribution in [0, 0.1) is 0 Å². The van der Waals surface area contributed by atoms with Gasteiger partial charge in [-0.25, -0.2) is 39.5 Å². The predicted molar refractivity (Wildman–Crippen MR) is 389 cm³/mol. The standard InChI is InChI=1S/C21H26ClN7O2S2.C16H22BrN5O2S.C16H18ClN7S2.C5H5ClN2S.CH4O.K/c1-20(2,3)31-19(30)26-21(4)6-9-29(10-7-21)18-16-15(27-33-28-16)13(11-25-18)32-12-5-8-24-17(23)14(12)22;1-15(2,3)24-14(23)19-16(4)5-7-22(8-6-16)13-12-11(20-25-21-12)10(17)9-18-13;1-16(19)3-6-24(7-4-16)15-13-12(22-26-23-13)10(8-21-15)25-9-2-5-20-14(18)11(9)17;6-4-3(9)1-2-8-5(4)7;1-2;/h5,8,11H,6-7,9-10H2,1-4H3,(H2,23,24)(H,26,30);9H,5-8H2,1-4H3,(H,19,23);2,5,8H,3-4,6-7,19H2,1H3,(H2,18,20);1-2H,(H3,7,8,9);2H,1H3;/q;;;;;+1/p-1. The van der Waals surface area contributed by atoms with Gasteiger partial charge in [-0.3, -0.25) is 0 Å². The molecule has 26 nitrogen and oxygen atoms in total. The Balaban J connectivity index is 0.000000189. The van der Waals surface area contributed by atoms with Gasteiger partial charge in [0.25, 0.3) is 0 Å². The molecule has 0 unspecified atom stereocenters. The zero-order valence-electron chi connectivity index (χ0n) is 54.7. The van der Waals surface area contributed by atoms with E-state index >= 15 is 0 Å². The molecule has 37 heteroatoms. The van der Waals surface area contributed by atoms with Crippen molar-refractivity contribution < 1.29 is 75.6 Å². The largest absolute Gasteiger partial charge is 1.00 e. The van der Waals surface area contributed by atoms with Gasteiger partial charge in [-0.1, -0.05) is 64.4 Å². The Hall–Kier alpha value is -4.47. The predicted octanol–water partition coefficient (Wildman–Crippen LogP) is 9.51. The molecule has 510 valence electrons. The Labute approximate surface area is 649 Å². The number of nitrogens with zero attached hydrogens (tertiary/aromatic N) is 15. The van der Waals surface area contributed by atoms with E-state index in [0.29, 0.717) is 31.6 Å². The van der Waals surface area contributed by atoms with E-state index in [1.54, 1.807) is 30.9 Å². The van der Waals surface area contributed by atoms with Gasteiger partial charge in [0, 0.05) is 110 Å². The molecule has 0 aromatic carbocycles. The van der Waals surface area contributed by atoms with Gasteiger partial charge in [0.05, 0.1) is 64.5 Å². The maximum Gasteiger partial charge on any atom is 1.00 e. The van der Waals surface area contributed by atoms with Gasteiger partial charge >= 0.3 is 63.6 Å². The quantitative estimate of drug-likeness (QED) is 0.0522. The molecule has 3 fully saturated rings. The number of nitrogens with two attached hydrogens (primary N) is 4. The molecular formula is C59H74BrCl3KN21O5S6. The zero-order valence-corrected chi connectivity index (χ0v) is 66.6. The first kappa shape index (κ1) is 78.9. The minimum Gasteiger partial charge on any atom is -0.778 e. The van der Waals surface area contributed by atoms with Crippen molar-refractivity contribution in [2.45, 2.75) is 153 Å². The molecule has 11 N–H and O–H groups in total. The topological polar surface area (TPSA) is 365 Å². The number of anilines is 6. The first-order valence-corrected chi connectivity index (χ1v) is 35.8. The Kier molecular flexibility index (Phi) is 28.1. The van der Waals surface area contributed by atoms with Crippen LogP contribution in [0.1, 0.15) is 101 Å². The van der Waals surface area contributed by atoms with E-state index in [9.17, 15) is 9.59 Å². The minimum atomic E-state index is -0.528. The summed E-state index contributed by atoms with van der Waals surface area (Å²) in [5.74, 6) is 3.41. The summed E-state index contributed by atoms with van der Waals surface area (Å²) in [5.41, 5.74) is 26.3.